The van der Waals surface area contributed by atoms with Crippen LogP contribution in [-0.4, -0.2) is 35.8 Å². The molecule has 1 rings (SSSR count). The fourth-order valence-corrected chi connectivity index (χ4v) is 2.29. The molecule has 0 aliphatic carbocycles. The number of esters is 6. The largest absolute Gasteiger partial charge is 0.423 e. The highest BCUT2D eigenvalue weighted by Gasteiger charge is 2.37. The highest BCUT2D eigenvalue weighted by atomic mass is 16.6. The molecular weight excluding hydrogens is 504 g/mol. The first-order valence-electron chi connectivity index (χ1n) is 9.96. The van der Waals surface area contributed by atoms with E-state index in [2.05, 4.69) is 46.1 Å². The molecule has 0 saturated carbocycles. The van der Waals surface area contributed by atoms with Gasteiger partial charge >= 0.3 is 35.8 Å². The zero-order chi connectivity index (χ0) is 29.0. The lowest BCUT2D eigenvalue weighted by Crippen LogP contribution is -2.18. The first-order valence-corrected chi connectivity index (χ1v) is 9.96. The number of ether oxygens (including phenoxy) is 6. The molecule has 0 unspecified atom stereocenters. The van der Waals surface area contributed by atoms with Crippen LogP contribution in [0.3, 0.4) is 0 Å². The number of rotatable bonds is 13. The summed E-state index contributed by atoms with van der Waals surface area (Å²) in [7, 11) is 0. The zero-order valence-corrected chi connectivity index (χ0v) is 19.8. The Morgan fingerprint density at radius 3 is 0.921 bits per heavy atom. The number of hydrogen-bond donors (Lipinski definition) is 0. The van der Waals surface area contributed by atoms with Crippen LogP contribution in [0.25, 0.3) is 5.76 Å². The van der Waals surface area contributed by atoms with E-state index in [1.807, 2.05) is 0 Å². The summed E-state index contributed by atoms with van der Waals surface area (Å²) in [6.45, 7) is 22.9. The van der Waals surface area contributed by atoms with Gasteiger partial charge in [0.2, 0.25) is 17.2 Å². The summed E-state index contributed by atoms with van der Waals surface area (Å²) in [5.74, 6) is -12.2. The minimum Gasteiger partial charge on any atom is -0.423 e. The Bertz CT molecular complexity index is 1230. The van der Waals surface area contributed by atoms with Crippen molar-refractivity contribution in [2.75, 3.05) is 0 Å². The Labute approximate surface area is 216 Å². The number of hydrogen-bond acceptors (Lipinski definition) is 12. The van der Waals surface area contributed by atoms with E-state index in [-0.39, 0.29) is 0 Å². The van der Waals surface area contributed by atoms with Gasteiger partial charge in [0.25, 0.3) is 0 Å². The maximum Gasteiger partial charge on any atom is 0.335 e. The second kappa shape index (κ2) is 13.9. The molecule has 0 amide bonds. The summed E-state index contributed by atoms with van der Waals surface area (Å²) in [5, 5.41) is 0. The van der Waals surface area contributed by atoms with Gasteiger partial charge in [-0.3, -0.25) is 0 Å². The first-order chi connectivity index (χ1) is 18.0. The fraction of sp³-hybridized carbons (Fsp3) is 0. The van der Waals surface area contributed by atoms with Crippen LogP contribution in [0.5, 0.6) is 28.7 Å². The quantitative estimate of drug-likeness (QED) is 0.161. The van der Waals surface area contributed by atoms with E-state index in [0.29, 0.717) is 30.4 Å². The molecule has 0 aliphatic rings. The molecule has 0 spiro atoms. The lowest BCUT2D eigenvalue weighted by Gasteiger charge is -2.23. The topological polar surface area (TPSA) is 158 Å². The van der Waals surface area contributed by atoms with Crippen LogP contribution in [0, 0.1) is 0 Å². The highest BCUT2D eigenvalue weighted by molar-refractivity contribution is 5.97. The summed E-state index contributed by atoms with van der Waals surface area (Å²) in [6, 6.07) is 0. The maximum atomic E-state index is 12.2. The number of benzene rings is 1. The summed E-state index contributed by atoms with van der Waals surface area (Å²) < 4.78 is 30.6. The number of carbonyl (C=O) groups is 6. The summed E-state index contributed by atoms with van der Waals surface area (Å²) in [4.78, 5) is 72.9. The maximum absolute atomic E-state index is 12.2. The van der Waals surface area contributed by atoms with Gasteiger partial charge in [-0.25, -0.2) is 28.8 Å². The number of carbonyl (C=O) groups excluding carboxylic acids is 6. The van der Waals surface area contributed by atoms with Crippen molar-refractivity contribution in [2.24, 2.45) is 0 Å². The van der Waals surface area contributed by atoms with Gasteiger partial charge in [0, 0.05) is 36.5 Å². The molecule has 0 radical (unpaired) electrons. The molecule has 196 valence electrons. The average molecular weight is 524 g/mol. The molecule has 0 aromatic heterocycles. The van der Waals surface area contributed by atoms with E-state index >= 15 is 0 Å². The molecule has 38 heavy (non-hydrogen) atoms. The minimum atomic E-state index is -1.21. The Morgan fingerprint density at radius 1 is 0.421 bits per heavy atom. The highest BCUT2D eigenvalue weighted by Crippen LogP contribution is 2.56. The van der Waals surface area contributed by atoms with Crippen molar-refractivity contribution in [3.05, 3.63) is 88.1 Å². The van der Waals surface area contributed by atoms with Crippen molar-refractivity contribution in [3.8, 4) is 28.7 Å². The van der Waals surface area contributed by atoms with Crippen LogP contribution in [0.15, 0.2) is 82.5 Å². The van der Waals surface area contributed by atoms with Gasteiger partial charge in [-0.15, -0.1) is 0 Å². The molecule has 0 saturated heterocycles. The van der Waals surface area contributed by atoms with Gasteiger partial charge in [-0.05, 0) is 0 Å². The van der Waals surface area contributed by atoms with Crippen molar-refractivity contribution in [3.63, 3.8) is 0 Å². The van der Waals surface area contributed by atoms with E-state index in [9.17, 15) is 28.8 Å². The van der Waals surface area contributed by atoms with Crippen molar-refractivity contribution in [1.29, 1.82) is 0 Å². The monoisotopic (exact) mass is 524 g/mol. The smallest absolute Gasteiger partial charge is 0.335 e. The van der Waals surface area contributed by atoms with Crippen molar-refractivity contribution < 1.29 is 57.2 Å². The average Bonchev–Trinajstić information content (AvgIpc) is 2.91. The Morgan fingerprint density at radius 2 is 0.658 bits per heavy atom. The Balaban J connectivity index is 4.50. The van der Waals surface area contributed by atoms with Crippen LogP contribution in [0.2, 0.25) is 0 Å². The first kappa shape index (κ1) is 30.3. The van der Waals surface area contributed by atoms with Crippen molar-refractivity contribution >= 4 is 41.6 Å². The lowest BCUT2D eigenvalue weighted by molar-refractivity contribution is -0.134. The lowest BCUT2D eigenvalue weighted by atomic mass is 10.1. The molecule has 0 heterocycles. The molecule has 0 aliphatic heterocycles. The van der Waals surface area contributed by atoms with Crippen LogP contribution >= 0.6 is 0 Å². The third-order valence-corrected chi connectivity index (χ3v) is 3.79. The molecule has 0 atom stereocenters. The van der Waals surface area contributed by atoms with Gasteiger partial charge in [0.1, 0.15) is 11.3 Å². The van der Waals surface area contributed by atoms with Gasteiger partial charge in [0.05, 0.1) is 0 Å². The fourth-order valence-electron chi connectivity index (χ4n) is 2.29. The molecule has 0 fully saturated rings. The summed E-state index contributed by atoms with van der Waals surface area (Å²) >= 11 is 0. The minimum absolute atomic E-state index is 0.668. The van der Waals surface area contributed by atoms with Gasteiger partial charge in [-0.2, -0.15) is 0 Å². The standard InChI is InChI=1S/C26H20O12/c1-8-15(27)33-14(7)21-22(34-16(28)9-2)24(36-18(30)11-4)26(38-20(32)13-6)25(37-19(31)12-5)23(21)35-17(29)10-3/h8-13H,1-7H2. The zero-order valence-electron chi connectivity index (χ0n) is 19.8. The SMILES string of the molecule is C=CC(=O)OC(=C)c1c(OC(=O)C=C)c(OC(=O)C=C)c(OC(=O)C=C)c(OC(=O)C=C)c1OC(=O)C=C. The van der Waals surface area contributed by atoms with E-state index < -0.39 is 75.9 Å². The summed E-state index contributed by atoms with van der Waals surface area (Å²) in [6.07, 6.45) is 4.10. The second-order valence-electron chi connectivity index (χ2n) is 6.20. The van der Waals surface area contributed by atoms with Gasteiger partial charge in [-0.1, -0.05) is 46.1 Å². The normalized spacial score (nSPS) is 9.37. The molecule has 1 aromatic rings. The van der Waals surface area contributed by atoms with E-state index in [1.54, 1.807) is 0 Å². The molecular formula is C26H20O12. The molecule has 0 N–H and O–H groups in total. The van der Waals surface area contributed by atoms with Crippen LogP contribution < -0.4 is 23.7 Å². The predicted octanol–water partition coefficient (Wildman–Crippen LogP) is 2.84. The van der Waals surface area contributed by atoms with Crippen molar-refractivity contribution in [2.45, 2.75) is 0 Å². The van der Waals surface area contributed by atoms with E-state index in [0.717, 1.165) is 6.08 Å². The van der Waals surface area contributed by atoms with E-state index in [4.69, 9.17) is 28.4 Å². The van der Waals surface area contributed by atoms with Crippen LogP contribution in [-0.2, 0) is 33.5 Å². The predicted molar refractivity (Wildman–Crippen MR) is 131 cm³/mol. The van der Waals surface area contributed by atoms with Crippen LogP contribution in [0.4, 0.5) is 0 Å². The molecule has 12 nitrogen and oxygen atoms in total. The summed E-state index contributed by atoms with van der Waals surface area (Å²) in [5.41, 5.74) is -0.692. The molecule has 1 aromatic carbocycles. The van der Waals surface area contributed by atoms with Gasteiger partial charge in [0.15, 0.2) is 11.5 Å². The Hall–Kier alpha value is -5.78. The van der Waals surface area contributed by atoms with E-state index in [1.165, 1.54) is 0 Å². The molecule has 12 heteroatoms. The van der Waals surface area contributed by atoms with Crippen LogP contribution in [0.1, 0.15) is 5.56 Å². The third kappa shape index (κ3) is 7.61. The van der Waals surface area contributed by atoms with Gasteiger partial charge < -0.3 is 28.4 Å². The third-order valence-electron chi connectivity index (χ3n) is 3.79. The second-order valence-corrected chi connectivity index (χ2v) is 6.20. The Kier molecular flexibility index (Phi) is 11.1. The van der Waals surface area contributed by atoms with Crippen molar-refractivity contribution in [1.82, 2.24) is 0 Å². The molecule has 0 bridgehead atoms.